The zero-order valence-corrected chi connectivity index (χ0v) is 34.4. The first kappa shape index (κ1) is 47.0. The van der Waals surface area contributed by atoms with Crippen LogP contribution in [0.25, 0.3) is 0 Å². The molecule has 0 radical (unpaired) electrons. The normalized spacial score (nSPS) is 51.7. The quantitative estimate of drug-likeness (QED) is 0.134. The molecule has 8 N–H and O–H groups in total. The van der Waals surface area contributed by atoms with Gasteiger partial charge >= 0.3 is 47.5 Å². The topological polar surface area (TPSA) is 267 Å². The fourth-order valence-electron chi connectivity index (χ4n) is 13.4. The summed E-state index contributed by atoms with van der Waals surface area (Å²) in [5, 5.41) is 83.0. The Labute approximate surface area is 366 Å². The number of carboxylic acids is 3. The fourth-order valence-corrected chi connectivity index (χ4v) is 13.4. The van der Waals surface area contributed by atoms with Crippen LogP contribution in [0.3, 0.4) is 0 Å². The number of ketones is 1. The van der Waals surface area contributed by atoms with Crippen molar-refractivity contribution in [3.8, 4) is 0 Å². The predicted octanol–water partition coefficient (Wildman–Crippen LogP) is 1.60. The van der Waals surface area contributed by atoms with E-state index in [9.17, 15) is 60.0 Å². The standard InChI is InChI=1S/C42H62O16.Na.H/c1-37(2)21-8-11-42(7)31(20(43)16-18-19-17-39(4,36(53)54)13-12-38(19,3)14-15-41(18,42)6)40(21,5)10-9-22(37)55-35-30(26(47)25(46)29(57-35)33(51)52)58-34-27(48)23(44)24(45)28(56-34)32(49)50;;/h16,19,21-31,34-35,44-48H,8-15,17H2,1-7H3,(H,49,50)(H,51,52)(H,53,54);;. The van der Waals surface area contributed by atoms with Crippen molar-refractivity contribution in [1.29, 1.82) is 0 Å². The molecule has 19 unspecified atom stereocenters. The average Bonchev–Trinajstić information content (AvgIpc) is 3.13. The van der Waals surface area contributed by atoms with E-state index < -0.39 is 107 Å². The molecule has 6 fully saturated rings. The zero-order chi connectivity index (χ0) is 42.9. The van der Waals surface area contributed by atoms with Crippen LogP contribution >= 0.6 is 0 Å². The Morgan fingerprint density at radius 1 is 0.695 bits per heavy atom. The second-order valence-corrected chi connectivity index (χ2v) is 20.6. The zero-order valence-electron chi connectivity index (χ0n) is 34.4. The first-order chi connectivity index (χ1) is 26.8. The van der Waals surface area contributed by atoms with Crippen LogP contribution in [0.5, 0.6) is 0 Å². The number of carbonyl (C=O) groups is 4. The molecule has 4 saturated carbocycles. The van der Waals surface area contributed by atoms with Gasteiger partial charge in [-0.25, -0.2) is 9.59 Å². The summed E-state index contributed by atoms with van der Waals surface area (Å²) in [4.78, 5) is 51.3. The van der Waals surface area contributed by atoms with Crippen molar-refractivity contribution >= 4 is 53.2 Å². The molecule has 16 nitrogen and oxygen atoms in total. The van der Waals surface area contributed by atoms with Crippen LogP contribution in [0.15, 0.2) is 11.6 Å². The van der Waals surface area contributed by atoms with Gasteiger partial charge in [-0.3, -0.25) is 9.59 Å². The van der Waals surface area contributed by atoms with Gasteiger partial charge in [0.1, 0.15) is 36.6 Å². The third-order valence-electron chi connectivity index (χ3n) is 17.2. The van der Waals surface area contributed by atoms with E-state index in [1.54, 1.807) is 0 Å². The fraction of sp³-hybridized carbons (Fsp3) is 0.857. The Morgan fingerprint density at radius 2 is 1.27 bits per heavy atom. The Morgan fingerprint density at radius 3 is 1.86 bits per heavy atom. The van der Waals surface area contributed by atoms with E-state index in [0.717, 1.165) is 37.7 Å². The molecule has 2 heterocycles. The van der Waals surface area contributed by atoms with E-state index >= 15 is 0 Å². The summed E-state index contributed by atoms with van der Waals surface area (Å²) in [5.41, 5.74) is -1.81. The summed E-state index contributed by atoms with van der Waals surface area (Å²) < 4.78 is 23.4. The van der Waals surface area contributed by atoms with E-state index in [2.05, 4.69) is 27.7 Å². The monoisotopic (exact) mass is 846 g/mol. The molecule has 59 heavy (non-hydrogen) atoms. The van der Waals surface area contributed by atoms with Gasteiger partial charge in [-0.1, -0.05) is 47.1 Å². The Kier molecular flexibility index (Phi) is 12.4. The molecule has 17 heteroatoms. The number of ether oxygens (including phenoxy) is 4. The number of hydrogen-bond acceptors (Lipinski definition) is 13. The van der Waals surface area contributed by atoms with E-state index in [0.29, 0.717) is 25.7 Å². The SMILES string of the molecule is CC1(C(=O)O)CCC2(C)CCC3(C)C(=CC(=O)C4C5(C)CCC(OC6OC(C(=O)O)C(O)C(O)C6OC6OC(C(=O)O)C(O)C(O)C6O)C(C)(C)C5CCC43C)C2C1.[NaH]. The number of rotatable bonds is 7. The third kappa shape index (κ3) is 7.02. The second kappa shape index (κ2) is 15.6. The van der Waals surface area contributed by atoms with Gasteiger partial charge in [-0.2, -0.15) is 0 Å². The summed E-state index contributed by atoms with van der Waals surface area (Å²) >= 11 is 0. The van der Waals surface area contributed by atoms with Gasteiger partial charge in [0, 0.05) is 5.92 Å². The molecular weight excluding hydrogens is 783 g/mol. The first-order valence-corrected chi connectivity index (χ1v) is 20.7. The van der Waals surface area contributed by atoms with Crippen molar-refractivity contribution in [3.05, 3.63) is 11.6 Å². The van der Waals surface area contributed by atoms with Gasteiger partial charge in [-0.05, 0) is 110 Å². The van der Waals surface area contributed by atoms with Gasteiger partial charge < -0.3 is 59.8 Å². The molecule has 2 aliphatic heterocycles. The molecule has 0 bridgehead atoms. The molecule has 0 aromatic heterocycles. The van der Waals surface area contributed by atoms with Crippen LogP contribution in [-0.4, -0.2) is 162 Å². The molecule has 2 saturated heterocycles. The number of allylic oxidation sites excluding steroid dienone is 2. The molecule has 5 aliphatic carbocycles. The number of hydrogen-bond donors (Lipinski definition) is 8. The Balaban J connectivity index is 0.00000585. The van der Waals surface area contributed by atoms with Crippen molar-refractivity contribution in [2.24, 2.45) is 50.2 Å². The van der Waals surface area contributed by atoms with Crippen LogP contribution in [0.4, 0.5) is 0 Å². The van der Waals surface area contributed by atoms with Crippen molar-refractivity contribution in [3.63, 3.8) is 0 Å². The molecule has 0 spiro atoms. The predicted molar refractivity (Wildman–Crippen MR) is 207 cm³/mol. The number of aliphatic hydroxyl groups excluding tert-OH is 5. The van der Waals surface area contributed by atoms with Crippen molar-refractivity contribution in [2.75, 3.05) is 0 Å². The van der Waals surface area contributed by atoms with E-state index in [-0.39, 0.29) is 63.9 Å². The van der Waals surface area contributed by atoms with E-state index in [1.807, 2.05) is 26.8 Å². The van der Waals surface area contributed by atoms with Crippen LogP contribution in [0.2, 0.25) is 0 Å². The minimum absolute atomic E-state index is 0. The molecule has 0 amide bonds. The van der Waals surface area contributed by atoms with Crippen LogP contribution < -0.4 is 0 Å². The van der Waals surface area contributed by atoms with Gasteiger partial charge in [-0.15, -0.1) is 0 Å². The number of aliphatic hydroxyl groups is 5. The summed E-state index contributed by atoms with van der Waals surface area (Å²) in [6.07, 6.45) is -12.2. The molecule has 0 aromatic carbocycles. The van der Waals surface area contributed by atoms with Crippen molar-refractivity contribution < 1.29 is 79.0 Å². The summed E-state index contributed by atoms with van der Waals surface area (Å²) in [6.45, 7) is 14.8. The van der Waals surface area contributed by atoms with Gasteiger partial charge in [0.2, 0.25) is 0 Å². The van der Waals surface area contributed by atoms with E-state index in [4.69, 9.17) is 18.9 Å². The Hall–Kier alpha value is -1.54. The number of carboxylic acid groups (broad SMARTS) is 3. The van der Waals surface area contributed by atoms with Crippen LogP contribution in [-0.2, 0) is 38.1 Å². The van der Waals surface area contributed by atoms with Gasteiger partial charge in [0.05, 0.1) is 11.5 Å². The molecule has 7 rings (SSSR count). The molecule has 19 atom stereocenters. The maximum absolute atomic E-state index is 14.8. The Bertz CT molecular complexity index is 1740. The maximum atomic E-state index is 14.8. The average molecular weight is 847 g/mol. The van der Waals surface area contributed by atoms with Crippen LogP contribution in [0.1, 0.15) is 106 Å². The van der Waals surface area contributed by atoms with Crippen LogP contribution in [0, 0.1) is 50.2 Å². The van der Waals surface area contributed by atoms with E-state index in [1.165, 1.54) is 0 Å². The van der Waals surface area contributed by atoms with Gasteiger partial charge in [0.25, 0.3) is 0 Å². The number of carbonyl (C=O) groups excluding carboxylic acids is 1. The molecular formula is C42H63NaO16. The minimum atomic E-state index is -2.05. The van der Waals surface area contributed by atoms with Crippen molar-refractivity contribution in [1.82, 2.24) is 0 Å². The number of fused-ring (bicyclic) bond motifs is 7. The summed E-state index contributed by atoms with van der Waals surface area (Å²) in [5.74, 6) is -4.47. The number of aliphatic carboxylic acids is 3. The molecule has 0 aromatic rings. The second-order valence-electron chi connectivity index (χ2n) is 20.6. The molecule has 7 aliphatic rings. The van der Waals surface area contributed by atoms with Gasteiger partial charge in [0.15, 0.2) is 30.6 Å². The first-order valence-electron chi connectivity index (χ1n) is 20.7. The summed E-state index contributed by atoms with van der Waals surface area (Å²) in [7, 11) is 0. The van der Waals surface area contributed by atoms with Crippen molar-refractivity contribution in [2.45, 2.75) is 174 Å². The molecule has 328 valence electrons. The summed E-state index contributed by atoms with van der Waals surface area (Å²) in [6, 6.07) is 0. The third-order valence-corrected chi connectivity index (χ3v) is 17.2.